The first kappa shape index (κ1) is 13.9. The molecule has 0 spiro atoms. The van der Waals surface area contributed by atoms with Crippen LogP contribution in [-0.4, -0.2) is 13.2 Å². The van der Waals surface area contributed by atoms with E-state index in [0.717, 1.165) is 18.6 Å². The first-order valence-corrected chi connectivity index (χ1v) is 7.45. The Labute approximate surface area is 110 Å². The van der Waals surface area contributed by atoms with Gasteiger partial charge in [0.15, 0.2) is 26.2 Å². The summed E-state index contributed by atoms with van der Waals surface area (Å²) in [5.41, 5.74) is 0. The molecule has 19 heavy (non-hydrogen) atoms. The standard InChI is InChI=1S/C13H13F2NO2S/c1-2-9-6-13(7-9,8-16)19(17,18)10-3-4-11(14)12(15)5-10/h3-5,9H,2,6-7H2,1H3. The molecule has 3 nitrogen and oxygen atoms in total. The van der Waals surface area contributed by atoms with Crippen LogP contribution in [0.3, 0.4) is 0 Å². The van der Waals surface area contributed by atoms with Crippen molar-refractivity contribution in [1.82, 2.24) is 0 Å². The maximum Gasteiger partial charge on any atom is 0.197 e. The first-order valence-electron chi connectivity index (χ1n) is 5.97. The number of sulfone groups is 1. The molecule has 1 aliphatic carbocycles. The van der Waals surface area contributed by atoms with Crippen molar-refractivity contribution >= 4 is 9.84 Å². The molecule has 1 fully saturated rings. The van der Waals surface area contributed by atoms with E-state index in [-0.39, 0.29) is 23.7 Å². The Kier molecular flexibility index (Phi) is 3.35. The Balaban J connectivity index is 2.43. The molecule has 0 N–H and O–H groups in total. The van der Waals surface area contributed by atoms with Crippen LogP contribution in [0.1, 0.15) is 26.2 Å². The lowest BCUT2D eigenvalue weighted by atomic mass is 9.73. The second kappa shape index (κ2) is 4.57. The molecule has 1 aromatic carbocycles. The molecule has 102 valence electrons. The summed E-state index contributed by atoms with van der Waals surface area (Å²) in [7, 11) is -3.96. The van der Waals surface area contributed by atoms with Gasteiger partial charge in [-0.25, -0.2) is 17.2 Å². The van der Waals surface area contributed by atoms with Gasteiger partial charge < -0.3 is 0 Å². The van der Waals surface area contributed by atoms with E-state index in [1.165, 1.54) is 0 Å². The SMILES string of the molecule is CCC1CC(C#N)(S(=O)(=O)c2ccc(F)c(F)c2)C1. The summed E-state index contributed by atoms with van der Waals surface area (Å²) in [5.74, 6) is -2.13. The molecule has 2 rings (SSSR count). The lowest BCUT2D eigenvalue weighted by Gasteiger charge is -2.41. The second-order valence-electron chi connectivity index (χ2n) is 4.87. The smallest absolute Gasteiger partial charge is 0.197 e. The molecule has 0 heterocycles. The molecule has 0 saturated heterocycles. The van der Waals surface area contributed by atoms with Gasteiger partial charge >= 0.3 is 0 Å². The Morgan fingerprint density at radius 1 is 1.37 bits per heavy atom. The highest BCUT2D eigenvalue weighted by molar-refractivity contribution is 7.93. The van der Waals surface area contributed by atoms with Crippen LogP contribution in [0, 0.1) is 28.9 Å². The Morgan fingerprint density at radius 3 is 2.47 bits per heavy atom. The van der Waals surface area contributed by atoms with E-state index < -0.39 is 26.2 Å². The molecule has 1 saturated carbocycles. The molecule has 0 radical (unpaired) electrons. The molecule has 6 heteroatoms. The predicted octanol–water partition coefficient (Wildman–Crippen LogP) is 2.82. The molecular formula is C13H13F2NO2S. The van der Waals surface area contributed by atoms with Crippen molar-refractivity contribution in [3.8, 4) is 6.07 Å². The molecular weight excluding hydrogens is 272 g/mol. The van der Waals surface area contributed by atoms with Gasteiger partial charge in [-0.1, -0.05) is 13.3 Å². The van der Waals surface area contributed by atoms with Gasteiger partial charge in [-0.15, -0.1) is 0 Å². The molecule has 0 amide bonds. The summed E-state index contributed by atoms with van der Waals surface area (Å²) in [6, 6.07) is 4.26. The van der Waals surface area contributed by atoms with Gasteiger partial charge in [0.2, 0.25) is 0 Å². The van der Waals surface area contributed by atoms with E-state index in [2.05, 4.69) is 0 Å². The Morgan fingerprint density at radius 2 is 2.00 bits per heavy atom. The first-order chi connectivity index (χ1) is 8.86. The minimum absolute atomic E-state index is 0.194. The summed E-state index contributed by atoms with van der Waals surface area (Å²) in [6.45, 7) is 1.93. The number of nitriles is 1. The van der Waals surface area contributed by atoms with Crippen molar-refractivity contribution in [2.45, 2.75) is 35.8 Å². The Hall–Kier alpha value is -1.48. The van der Waals surface area contributed by atoms with Crippen molar-refractivity contribution in [3.63, 3.8) is 0 Å². The van der Waals surface area contributed by atoms with Crippen LogP contribution in [0.25, 0.3) is 0 Å². The summed E-state index contributed by atoms with van der Waals surface area (Å²) in [6.07, 6.45) is 1.30. The quantitative estimate of drug-likeness (QED) is 0.802. The highest BCUT2D eigenvalue weighted by Crippen LogP contribution is 2.47. The van der Waals surface area contributed by atoms with Gasteiger partial charge in [0.1, 0.15) is 0 Å². The molecule has 1 aromatic rings. The monoisotopic (exact) mass is 285 g/mol. The van der Waals surface area contributed by atoms with Gasteiger partial charge in [0.05, 0.1) is 11.0 Å². The highest BCUT2D eigenvalue weighted by Gasteiger charge is 2.54. The van der Waals surface area contributed by atoms with Gasteiger partial charge in [0, 0.05) is 0 Å². The number of nitrogens with zero attached hydrogens (tertiary/aromatic N) is 1. The third-order valence-electron chi connectivity index (χ3n) is 3.73. The minimum atomic E-state index is -3.96. The summed E-state index contributed by atoms with van der Waals surface area (Å²) in [5, 5.41) is 9.17. The van der Waals surface area contributed by atoms with Crippen molar-refractivity contribution < 1.29 is 17.2 Å². The third-order valence-corrected chi connectivity index (χ3v) is 6.06. The fraction of sp³-hybridized carbons (Fsp3) is 0.462. The lowest BCUT2D eigenvalue weighted by molar-refractivity contribution is 0.256. The van der Waals surface area contributed by atoms with Crippen LogP contribution in [0.5, 0.6) is 0 Å². The van der Waals surface area contributed by atoms with E-state index >= 15 is 0 Å². The van der Waals surface area contributed by atoms with E-state index in [4.69, 9.17) is 0 Å². The number of hydrogen-bond donors (Lipinski definition) is 0. The van der Waals surface area contributed by atoms with Crippen molar-refractivity contribution in [2.75, 3.05) is 0 Å². The largest absolute Gasteiger partial charge is 0.222 e. The minimum Gasteiger partial charge on any atom is -0.222 e. The van der Waals surface area contributed by atoms with Gasteiger partial charge in [-0.2, -0.15) is 5.26 Å². The summed E-state index contributed by atoms with van der Waals surface area (Å²) in [4.78, 5) is -0.331. The van der Waals surface area contributed by atoms with Crippen molar-refractivity contribution in [2.24, 2.45) is 5.92 Å². The van der Waals surface area contributed by atoms with Gasteiger partial charge in [-0.3, -0.25) is 0 Å². The van der Waals surface area contributed by atoms with E-state index in [9.17, 15) is 22.5 Å². The molecule has 0 aromatic heterocycles. The molecule has 0 unspecified atom stereocenters. The zero-order valence-corrected chi connectivity index (χ0v) is 11.2. The van der Waals surface area contributed by atoms with Crippen molar-refractivity contribution in [1.29, 1.82) is 5.26 Å². The number of halogens is 2. The molecule has 0 bridgehead atoms. The van der Waals surface area contributed by atoms with Gasteiger partial charge in [0.25, 0.3) is 0 Å². The normalized spacial score (nSPS) is 26.5. The van der Waals surface area contributed by atoms with Crippen LogP contribution < -0.4 is 0 Å². The molecule has 0 atom stereocenters. The fourth-order valence-corrected chi connectivity index (χ4v) is 4.39. The van der Waals surface area contributed by atoms with Crippen molar-refractivity contribution in [3.05, 3.63) is 29.8 Å². The number of benzene rings is 1. The van der Waals surface area contributed by atoms with E-state index in [0.29, 0.717) is 6.07 Å². The van der Waals surface area contributed by atoms with Gasteiger partial charge in [-0.05, 0) is 37.0 Å². The van der Waals surface area contributed by atoms with Crippen LogP contribution in [0.15, 0.2) is 23.1 Å². The topological polar surface area (TPSA) is 57.9 Å². The predicted molar refractivity (Wildman–Crippen MR) is 64.9 cm³/mol. The Bertz CT molecular complexity index is 643. The zero-order chi connectivity index (χ0) is 14.3. The number of rotatable bonds is 3. The highest BCUT2D eigenvalue weighted by atomic mass is 32.2. The lowest BCUT2D eigenvalue weighted by Crippen LogP contribution is -2.49. The molecule has 1 aliphatic rings. The average Bonchev–Trinajstić information content (AvgIpc) is 2.32. The second-order valence-corrected chi connectivity index (χ2v) is 7.13. The summed E-state index contributed by atoms with van der Waals surface area (Å²) >= 11 is 0. The van der Waals surface area contributed by atoms with Crippen LogP contribution in [-0.2, 0) is 9.84 Å². The maximum atomic E-state index is 13.1. The van der Waals surface area contributed by atoms with Crippen LogP contribution in [0.2, 0.25) is 0 Å². The van der Waals surface area contributed by atoms with Crippen LogP contribution >= 0.6 is 0 Å². The van der Waals surface area contributed by atoms with E-state index in [1.54, 1.807) is 0 Å². The van der Waals surface area contributed by atoms with Crippen LogP contribution in [0.4, 0.5) is 8.78 Å². The average molecular weight is 285 g/mol. The maximum absolute atomic E-state index is 13.1. The molecule has 0 aliphatic heterocycles. The van der Waals surface area contributed by atoms with E-state index in [1.807, 2.05) is 13.0 Å². The summed E-state index contributed by atoms with van der Waals surface area (Å²) < 4.78 is 49.3. The number of hydrogen-bond acceptors (Lipinski definition) is 3. The zero-order valence-electron chi connectivity index (χ0n) is 10.4. The third kappa shape index (κ3) is 2.02. The fourth-order valence-electron chi connectivity index (χ4n) is 2.40.